The van der Waals surface area contributed by atoms with Gasteiger partial charge in [0, 0.05) is 7.05 Å². The van der Waals surface area contributed by atoms with E-state index < -0.39 is 16.0 Å². The van der Waals surface area contributed by atoms with Crippen molar-refractivity contribution in [2.75, 3.05) is 11.4 Å². The second-order valence-corrected chi connectivity index (χ2v) is 9.31. The lowest BCUT2D eigenvalue weighted by Gasteiger charge is -2.19. The standard InChI is InChI=1S/C21H17N3O5S2/c1-24(16-8-3-2-4-9-16)31(26,27)17-10-5-7-15(13-17)21(25)28-14-19-22-23-20(29-19)18-11-6-12-30-18/h2-13H,14H2,1H3. The minimum absolute atomic E-state index is 0.0222. The molecular formula is C21H17N3O5S2. The van der Waals surface area contributed by atoms with Gasteiger partial charge in [0.1, 0.15) is 0 Å². The van der Waals surface area contributed by atoms with Gasteiger partial charge in [0.25, 0.3) is 21.8 Å². The second kappa shape index (κ2) is 8.70. The van der Waals surface area contributed by atoms with Crippen LogP contribution in [0.3, 0.4) is 0 Å². The molecule has 0 aliphatic rings. The Morgan fingerprint density at radius 1 is 1.06 bits per heavy atom. The van der Waals surface area contributed by atoms with E-state index in [9.17, 15) is 13.2 Å². The van der Waals surface area contributed by atoms with Crippen LogP contribution in [-0.2, 0) is 21.4 Å². The van der Waals surface area contributed by atoms with Gasteiger partial charge in [0.2, 0.25) is 0 Å². The number of hydrogen-bond donors (Lipinski definition) is 0. The van der Waals surface area contributed by atoms with E-state index in [1.807, 2.05) is 17.5 Å². The molecule has 2 aromatic carbocycles. The van der Waals surface area contributed by atoms with Crippen molar-refractivity contribution >= 4 is 33.0 Å². The molecule has 158 valence electrons. The normalized spacial score (nSPS) is 11.3. The molecule has 4 aromatic rings. The number of rotatable bonds is 7. The quantitative estimate of drug-likeness (QED) is 0.388. The second-order valence-electron chi connectivity index (χ2n) is 6.39. The van der Waals surface area contributed by atoms with Crippen LogP contribution in [0.1, 0.15) is 16.2 Å². The fourth-order valence-corrected chi connectivity index (χ4v) is 4.63. The number of esters is 1. The van der Waals surface area contributed by atoms with Gasteiger partial charge in [-0.15, -0.1) is 21.5 Å². The zero-order valence-corrected chi connectivity index (χ0v) is 18.0. The van der Waals surface area contributed by atoms with Crippen molar-refractivity contribution in [2.24, 2.45) is 0 Å². The van der Waals surface area contributed by atoms with E-state index in [-0.39, 0.29) is 23.0 Å². The lowest BCUT2D eigenvalue weighted by molar-refractivity contribution is 0.0438. The summed E-state index contributed by atoms with van der Waals surface area (Å²) < 4.78 is 37.7. The summed E-state index contributed by atoms with van der Waals surface area (Å²) in [5.74, 6) is -0.210. The van der Waals surface area contributed by atoms with Crippen LogP contribution in [0, 0.1) is 0 Å². The van der Waals surface area contributed by atoms with E-state index in [0.29, 0.717) is 11.6 Å². The van der Waals surface area contributed by atoms with E-state index >= 15 is 0 Å². The van der Waals surface area contributed by atoms with Gasteiger partial charge < -0.3 is 9.15 Å². The number of carbonyl (C=O) groups excluding carboxylic acids is 1. The number of benzene rings is 2. The highest BCUT2D eigenvalue weighted by molar-refractivity contribution is 7.92. The first-order valence-corrected chi connectivity index (χ1v) is 11.4. The van der Waals surface area contributed by atoms with Crippen molar-refractivity contribution in [3.05, 3.63) is 83.6 Å². The van der Waals surface area contributed by atoms with Gasteiger partial charge >= 0.3 is 5.97 Å². The number of ether oxygens (including phenoxy) is 1. The topological polar surface area (TPSA) is 103 Å². The maximum absolute atomic E-state index is 12.9. The van der Waals surface area contributed by atoms with Crippen molar-refractivity contribution in [3.63, 3.8) is 0 Å². The fraction of sp³-hybridized carbons (Fsp3) is 0.0952. The summed E-state index contributed by atoms with van der Waals surface area (Å²) in [6, 6.07) is 18.0. The average Bonchev–Trinajstić information content (AvgIpc) is 3.49. The molecule has 0 aliphatic heterocycles. The van der Waals surface area contributed by atoms with Crippen molar-refractivity contribution in [1.29, 1.82) is 0 Å². The third-order valence-electron chi connectivity index (χ3n) is 4.37. The van der Waals surface area contributed by atoms with Crippen molar-refractivity contribution in [3.8, 4) is 10.8 Å². The summed E-state index contributed by atoms with van der Waals surface area (Å²) >= 11 is 1.45. The molecule has 0 saturated heterocycles. The Labute approximate surface area is 182 Å². The Bertz CT molecular complexity index is 1290. The zero-order valence-electron chi connectivity index (χ0n) is 16.3. The molecule has 4 rings (SSSR count). The Kier molecular flexibility index (Phi) is 5.83. The number of anilines is 1. The fourth-order valence-electron chi connectivity index (χ4n) is 2.74. The summed E-state index contributed by atoms with van der Waals surface area (Å²) in [5, 5.41) is 9.67. The van der Waals surface area contributed by atoms with Gasteiger partial charge in [-0.25, -0.2) is 13.2 Å². The van der Waals surface area contributed by atoms with Crippen LogP contribution in [0.5, 0.6) is 0 Å². The van der Waals surface area contributed by atoms with Crippen LogP contribution in [0.4, 0.5) is 5.69 Å². The van der Waals surface area contributed by atoms with E-state index in [1.54, 1.807) is 30.3 Å². The molecule has 0 spiro atoms. The molecule has 0 N–H and O–H groups in total. The lowest BCUT2D eigenvalue weighted by atomic mass is 10.2. The molecule has 0 aliphatic carbocycles. The minimum Gasteiger partial charge on any atom is -0.452 e. The summed E-state index contributed by atoms with van der Waals surface area (Å²) in [6.07, 6.45) is 0. The Balaban J connectivity index is 1.47. The maximum atomic E-state index is 12.9. The number of hydrogen-bond acceptors (Lipinski definition) is 8. The summed E-state index contributed by atoms with van der Waals surface area (Å²) in [6.45, 7) is -0.224. The molecule has 10 heteroatoms. The highest BCUT2D eigenvalue weighted by atomic mass is 32.2. The Hall–Kier alpha value is -3.50. The van der Waals surface area contributed by atoms with Crippen molar-refractivity contribution in [2.45, 2.75) is 11.5 Å². The number of aromatic nitrogens is 2. The molecule has 0 amide bonds. The van der Waals surface area contributed by atoms with Crippen LogP contribution in [0.25, 0.3) is 10.8 Å². The number of para-hydroxylation sites is 1. The lowest BCUT2D eigenvalue weighted by Crippen LogP contribution is -2.26. The predicted molar refractivity (Wildman–Crippen MR) is 115 cm³/mol. The first-order chi connectivity index (χ1) is 14.9. The smallest absolute Gasteiger partial charge is 0.338 e. The van der Waals surface area contributed by atoms with Gasteiger partial charge in [0.15, 0.2) is 6.61 Å². The van der Waals surface area contributed by atoms with E-state index in [0.717, 1.165) is 9.18 Å². The largest absolute Gasteiger partial charge is 0.452 e. The Morgan fingerprint density at radius 2 is 1.87 bits per heavy atom. The first kappa shape index (κ1) is 20.8. The molecule has 8 nitrogen and oxygen atoms in total. The summed E-state index contributed by atoms with van der Waals surface area (Å²) in [7, 11) is -2.40. The van der Waals surface area contributed by atoms with Crippen molar-refractivity contribution < 1.29 is 22.4 Å². The van der Waals surface area contributed by atoms with Gasteiger partial charge in [-0.3, -0.25) is 4.31 Å². The molecule has 31 heavy (non-hydrogen) atoms. The molecular weight excluding hydrogens is 438 g/mol. The molecule has 0 unspecified atom stereocenters. The summed E-state index contributed by atoms with van der Waals surface area (Å²) in [5.41, 5.74) is 0.606. The SMILES string of the molecule is CN(c1ccccc1)S(=O)(=O)c1cccc(C(=O)OCc2nnc(-c3cccs3)o2)c1. The number of nitrogens with zero attached hydrogens (tertiary/aromatic N) is 3. The number of sulfonamides is 1. The highest BCUT2D eigenvalue weighted by Gasteiger charge is 2.23. The molecule has 0 radical (unpaired) electrons. The van der Waals surface area contributed by atoms with Crippen LogP contribution < -0.4 is 4.31 Å². The molecule has 0 saturated carbocycles. The minimum atomic E-state index is -3.85. The molecule has 0 bridgehead atoms. The number of carbonyl (C=O) groups is 1. The van der Waals surface area contributed by atoms with Gasteiger partial charge in [-0.1, -0.05) is 30.3 Å². The van der Waals surface area contributed by atoms with Crippen LogP contribution in [0.2, 0.25) is 0 Å². The maximum Gasteiger partial charge on any atom is 0.338 e. The van der Waals surface area contributed by atoms with Gasteiger partial charge in [-0.05, 0) is 41.8 Å². The van der Waals surface area contributed by atoms with Gasteiger partial charge in [0.05, 0.1) is 21.0 Å². The molecule has 0 fully saturated rings. The van der Waals surface area contributed by atoms with E-state index in [1.165, 1.54) is 42.6 Å². The highest BCUT2D eigenvalue weighted by Crippen LogP contribution is 2.24. The van der Waals surface area contributed by atoms with Crippen LogP contribution in [0.15, 0.2) is 81.4 Å². The monoisotopic (exact) mass is 455 g/mol. The van der Waals surface area contributed by atoms with E-state index in [2.05, 4.69) is 10.2 Å². The number of thiophene rings is 1. The van der Waals surface area contributed by atoms with Crippen LogP contribution in [-0.4, -0.2) is 31.6 Å². The first-order valence-electron chi connectivity index (χ1n) is 9.12. The molecule has 2 heterocycles. The van der Waals surface area contributed by atoms with Crippen molar-refractivity contribution in [1.82, 2.24) is 10.2 Å². The summed E-state index contributed by atoms with van der Waals surface area (Å²) in [4.78, 5) is 13.2. The molecule has 2 aromatic heterocycles. The zero-order chi connectivity index (χ0) is 21.8. The average molecular weight is 456 g/mol. The van der Waals surface area contributed by atoms with E-state index in [4.69, 9.17) is 9.15 Å². The Morgan fingerprint density at radius 3 is 2.61 bits per heavy atom. The predicted octanol–water partition coefficient (Wildman–Crippen LogP) is 3.98. The van der Waals surface area contributed by atoms with Gasteiger partial charge in [-0.2, -0.15) is 0 Å². The third-order valence-corrected chi connectivity index (χ3v) is 7.01. The van der Waals surface area contributed by atoms with Crippen LogP contribution >= 0.6 is 11.3 Å². The molecule has 0 atom stereocenters. The third kappa shape index (κ3) is 4.49.